The van der Waals surface area contributed by atoms with E-state index in [0.29, 0.717) is 55.1 Å². The fraction of sp³-hybridized carbons (Fsp3) is 0.417. The number of rotatable bonds is 13. The van der Waals surface area contributed by atoms with E-state index in [2.05, 4.69) is 10.2 Å². The molecule has 1 unspecified atom stereocenters. The van der Waals surface area contributed by atoms with Crippen molar-refractivity contribution in [2.75, 3.05) is 30.8 Å². The van der Waals surface area contributed by atoms with Crippen molar-refractivity contribution in [1.29, 1.82) is 0 Å². The second-order valence-corrected chi connectivity index (χ2v) is 7.15. The predicted molar refractivity (Wildman–Crippen MR) is 130 cm³/mol. The Morgan fingerprint density at radius 3 is 1.91 bits per heavy atom. The molecule has 10 heteroatoms. The Balaban J connectivity index is 2.37. The number of para-hydroxylation sites is 1. The van der Waals surface area contributed by atoms with Gasteiger partial charge in [0.25, 0.3) is 5.91 Å². The molecule has 2 aromatic rings. The van der Waals surface area contributed by atoms with Gasteiger partial charge in [0, 0.05) is 17.8 Å². The zero-order chi connectivity index (χ0) is 25.1. The Labute approximate surface area is 204 Å². The maximum absolute atomic E-state index is 13.2. The summed E-state index contributed by atoms with van der Waals surface area (Å²) in [4.78, 5) is 25.5. The third-order valence-corrected chi connectivity index (χ3v) is 4.72. The van der Waals surface area contributed by atoms with Gasteiger partial charge >= 0.3 is 0 Å². The van der Waals surface area contributed by atoms with Crippen LogP contribution in [0.3, 0.4) is 0 Å². The van der Waals surface area contributed by atoms with Crippen molar-refractivity contribution in [2.24, 2.45) is 10.2 Å². The van der Waals surface area contributed by atoms with E-state index in [1.54, 1.807) is 50.2 Å². The van der Waals surface area contributed by atoms with Crippen LogP contribution in [-0.2, 0) is 9.59 Å². The van der Waals surface area contributed by atoms with Gasteiger partial charge in [-0.15, -0.1) is 0 Å². The molecule has 9 nitrogen and oxygen atoms in total. The van der Waals surface area contributed by atoms with Gasteiger partial charge in [0.1, 0.15) is 17.2 Å². The lowest BCUT2D eigenvalue weighted by molar-refractivity contribution is -0.126. The normalized spacial score (nSPS) is 11.7. The molecule has 0 heterocycles. The van der Waals surface area contributed by atoms with Gasteiger partial charge in [0.2, 0.25) is 6.04 Å². The lowest BCUT2D eigenvalue weighted by Crippen LogP contribution is -2.36. The first kappa shape index (κ1) is 26.9. The van der Waals surface area contributed by atoms with Crippen LogP contribution in [0.5, 0.6) is 23.0 Å². The molecule has 184 valence electrons. The molecule has 0 N–H and O–H groups in total. The molecule has 1 amide bonds. The summed E-state index contributed by atoms with van der Waals surface area (Å²) in [5.41, 5.74) is 0.579. The zero-order valence-corrected chi connectivity index (χ0v) is 20.8. The SMILES string of the molecule is CCOc1ccc(N=NC(C(C)=O)C(=O)N(Cl)c2c(OCC)cccc2OCC)cc1OCC. The quantitative estimate of drug-likeness (QED) is 0.208. The average Bonchev–Trinajstić information content (AvgIpc) is 2.81. The highest BCUT2D eigenvalue weighted by molar-refractivity contribution is 6.39. The van der Waals surface area contributed by atoms with Crippen LogP contribution in [0.25, 0.3) is 0 Å². The first-order valence-corrected chi connectivity index (χ1v) is 11.4. The molecule has 34 heavy (non-hydrogen) atoms. The highest BCUT2D eigenvalue weighted by atomic mass is 35.5. The molecule has 0 aliphatic heterocycles. The molecule has 0 aliphatic carbocycles. The van der Waals surface area contributed by atoms with E-state index in [4.69, 9.17) is 30.7 Å². The van der Waals surface area contributed by atoms with Crippen molar-refractivity contribution in [3.8, 4) is 23.0 Å². The number of halogens is 1. The van der Waals surface area contributed by atoms with Crippen molar-refractivity contribution < 1.29 is 28.5 Å². The van der Waals surface area contributed by atoms with E-state index in [-0.39, 0.29) is 5.69 Å². The molecule has 2 aromatic carbocycles. The highest BCUT2D eigenvalue weighted by Crippen LogP contribution is 2.40. The number of Topliss-reactive ketones (excluding diaryl/α,β-unsaturated/α-hetero) is 1. The largest absolute Gasteiger partial charge is 0.491 e. The van der Waals surface area contributed by atoms with Crippen LogP contribution >= 0.6 is 11.8 Å². The van der Waals surface area contributed by atoms with E-state index in [9.17, 15) is 9.59 Å². The fourth-order valence-electron chi connectivity index (χ4n) is 2.99. The van der Waals surface area contributed by atoms with E-state index in [0.717, 1.165) is 4.42 Å². The van der Waals surface area contributed by atoms with E-state index >= 15 is 0 Å². The Bertz CT molecular complexity index is 990. The molecule has 0 spiro atoms. The smallest absolute Gasteiger partial charge is 0.276 e. The standard InChI is InChI=1S/C24H30ClN3O6/c1-6-31-18-14-13-17(15-21(18)34-9-4)26-27-22(16(5)29)24(30)28(25)23-19(32-7-2)11-10-12-20(23)33-8-3/h10-15,22H,6-9H2,1-5H3. The maximum Gasteiger partial charge on any atom is 0.276 e. The van der Waals surface area contributed by atoms with Crippen molar-refractivity contribution >= 4 is 34.8 Å². The molecule has 0 aliphatic rings. The number of hydrogen-bond donors (Lipinski definition) is 0. The fourth-order valence-corrected chi connectivity index (χ4v) is 3.25. The lowest BCUT2D eigenvalue weighted by Gasteiger charge is -2.22. The third kappa shape index (κ3) is 6.84. The number of anilines is 1. The van der Waals surface area contributed by atoms with Gasteiger partial charge in [-0.05, 0) is 58.9 Å². The van der Waals surface area contributed by atoms with Gasteiger partial charge in [0.05, 0.1) is 32.1 Å². The first-order valence-electron chi connectivity index (χ1n) is 11.1. The van der Waals surface area contributed by atoms with Crippen LogP contribution in [0.15, 0.2) is 46.6 Å². The molecule has 0 saturated carbocycles. The average molecular weight is 492 g/mol. The zero-order valence-electron chi connectivity index (χ0n) is 20.0. The monoisotopic (exact) mass is 491 g/mol. The van der Waals surface area contributed by atoms with Gasteiger partial charge in [-0.25, -0.2) is 4.42 Å². The van der Waals surface area contributed by atoms with Crippen LogP contribution in [0, 0.1) is 0 Å². The second-order valence-electron chi connectivity index (χ2n) is 6.81. The summed E-state index contributed by atoms with van der Waals surface area (Å²) >= 11 is 6.41. The summed E-state index contributed by atoms with van der Waals surface area (Å²) in [5.74, 6) is 0.403. The van der Waals surface area contributed by atoms with E-state index < -0.39 is 17.7 Å². The minimum atomic E-state index is -1.47. The Kier molecular flexibility index (Phi) is 10.6. The Morgan fingerprint density at radius 2 is 1.38 bits per heavy atom. The van der Waals surface area contributed by atoms with Crippen LogP contribution in [0.4, 0.5) is 11.4 Å². The summed E-state index contributed by atoms with van der Waals surface area (Å²) < 4.78 is 23.1. The number of hydrogen-bond acceptors (Lipinski definition) is 8. The van der Waals surface area contributed by atoms with Crippen LogP contribution in [0.1, 0.15) is 34.6 Å². The van der Waals surface area contributed by atoms with Gasteiger partial charge in [-0.3, -0.25) is 9.59 Å². The summed E-state index contributed by atoms with van der Waals surface area (Å²) in [6, 6.07) is 8.52. The predicted octanol–water partition coefficient (Wildman–Crippen LogP) is 5.51. The van der Waals surface area contributed by atoms with Crippen LogP contribution in [-0.4, -0.2) is 44.2 Å². The van der Waals surface area contributed by atoms with Gasteiger partial charge in [-0.2, -0.15) is 10.2 Å². The minimum Gasteiger partial charge on any atom is -0.491 e. The third-order valence-electron chi connectivity index (χ3n) is 4.39. The number of ether oxygens (including phenoxy) is 4. The van der Waals surface area contributed by atoms with Crippen molar-refractivity contribution in [3.05, 3.63) is 36.4 Å². The summed E-state index contributed by atoms with van der Waals surface area (Å²) in [7, 11) is 0. The molecule has 0 bridgehead atoms. The number of benzene rings is 2. The summed E-state index contributed by atoms with van der Waals surface area (Å²) in [6.07, 6.45) is 0. The van der Waals surface area contributed by atoms with Crippen molar-refractivity contribution in [2.45, 2.75) is 40.7 Å². The number of amides is 1. The second kappa shape index (κ2) is 13.4. The van der Waals surface area contributed by atoms with Crippen LogP contribution in [0.2, 0.25) is 0 Å². The van der Waals surface area contributed by atoms with Crippen LogP contribution < -0.4 is 23.4 Å². The molecular weight excluding hydrogens is 462 g/mol. The number of nitrogens with zero attached hydrogens (tertiary/aromatic N) is 3. The van der Waals surface area contributed by atoms with Crippen molar-refractivity contribution in [3.63, 3.8) is 0 Å². The Hall–Kier alpha value is -3.33. The number of carbonyl (C=O) groups excluding carboxylic acids is 2. The Morgan fingerprint density at radius 1 is 0.853 bits per heavy atom. The molecule has 2 rings (SSSR count). The maximum atomic E-state index is 13.2. The summed E-state index contributed by atoms with van der Waals surface area (Å²) in [6.45, 7) is 10.2. The van der Waals surface area contributed by atoms with Gasteiger partial charge in [-0.1, -0.05) is 6.07 Å². The topological polar surface area (TPSA) is 99.0 Å². The van der Waals surface area contributed by atoms with E-state index in [1.807, 2.05) is 13.8 Å². The lowest BCUT2D eigenvalue weighted by atomic mass is 10.2. The van der Waals surface area contributed by atoms with Crippen molar-refractivity contribution in [1.82, 2.24) is 0 Å². The summed E-state index contributed by atoms with van der Waals surface area (Å²) in [5, 5.41) is 8.08. The van der Waals surface area contributed by atoms with Gasteiger partial charge < -0.3 is 18.9 Å². The highest BCUT2D eigenvalue weighted by Gasteiger charge is 2.32. The molecule has 1 atom stereocenters. The number of azo groups is 1. The molecule has 0 saturated heterocycles. The van der Waals surface area contributed by atoms with E-state index in [1.165, 1.54) is 6.92 Å². The molecule has 0 radical (unpaired) electrons. The van der Waals surface area contributed by atoms with Gasteiger partial charge in [0.15, 0.2) is 17.3 Å². The minimum absolute atomic E-state index is 0.194. The molecule has 0 aromatic heterocycles. The molecular formula is C24H30ClN3O6. The number of carbonyl (C=O) groups is 2. The first-order chi connectivity index (χ1) is 16.4. The molecule has 0 fully saturated rings. The number of ketones is 1.